The van der Waals surface area contributed by atoms with Gasteiger partial charge in [-0.15, -0.1) is 0 Å². The Bertz CT molecular complexity index is 472. The minimum atomic E-state index is -0.0302. The van der Waals surface area contributed by atoms with Crippen LogP contribution in [0.5, 0.6) is 0 Å². The third-order valence-corrected chi connectivity index (χ3v) is 5.17. The number of hydrogen-bond donors (Lipinski definition) is 2. The van der Waals surface area contributed by atoms with Crippen LogP contribution >= 0.6 is 11.6 Å². The molecule has 0 bridgehead atoms. The molecule has 3 rings (SSSR count). The van der Waals surface area contributed by atoms with E-state index in [9.17, 15) is 0 Å². The highest BCUT2D eigenvalue weighted by Crippen LogP contribution is 2.42. The molecule has 0 radical (unpaired) electrons. The third kappa shape index (κ3) is 3.25. The summed E-state index contributed by atoms with van der Waals surface area (Å²) in [5.41, 5.74) is 4.03. The van der Waals surface area contributed by atoms with Gasteiger partial charge >= 0.3 is 0 Å². The van der Waals surface area contributed by atoms with E-state index < -0.39 is 0 Å². The van der Waals surface area contributed by atoms with Crippen molar-refractivity contribution in [3.05, 3.63) is 34.9 Å². The maximum Gasteiger partial charge on any atom is 0.0729 e. The molecule has 2 unspecified atom stereocenters. The Morgan fingerprint density at radius 3 is 2.71 bits per heavy atom. The van der Waals surface area contributed by atoms with Gasteiger partial charge in [0.1, 0.15) is 0 Å². The fourth-order valence-electron chi connectivity index (χ4n) is 3.65. The maximum atomic E-state index is 6.35. The maximum absolute atomic E-state index is 6.35. The predicted molar refractivity (Wildman–Crippen MR) is 83.0 cm³/mol. The van der Waals surface area contributed by atoms with E-state index in [1.165, 1.54) is 0 Å². The van der Waals surface area contributed by atoms with Crippen LogP contribution in [0.25, 0.3) is 0 Å². The van der Waals surface area contributed by atoms with Gasteiger partial charge in [-0.1, -0.05) is 29.8 Å². The van der Waals surface area contributed by atoms with Gasteiger partial charge in [0.05, 0.1) is 11.6 Å². The molecule has 3 N–H and O–H groups in total. The zero-order valence-electron chi connectivity index (χ0n) is 12.2. The van der Waals surface area contributed by atoms with Gasteiger partial charge in [0.2, 0.25) is 0 Å². The first-order valence-electron chi connectivity index (χ1n) is 7.66. The third-order valence-electron chi connectivity index (χ3n) is 4.83. The van der Waals surface area contributed by atoms with Crippen LogP contribution in [0, 0.1) is 5.92 Å². The first-order valence-corrected chi connectivity index (χ1v) is 8.04. The second kappa shape index (κ2) is 6.63. The summed E-state index contributed by atoms with van der Waals surface area (Å²) in [6.45, 7) is 2.37. The minimum Gasteiger partial charge on any atom is -0.381 e. The first-order chi connectivity index (χ1) is 10.2. The molecule has 0 aliphatic carbocycles. The Morgan fingerprint density at radius 1 is 1.24 bits per heavy atom. The number of rotatable bonds is 3. The van der Waals surface area contributed by atoms with Crippen LogP contribution in [-0.2, 0) is 9.47 Å². The molecule has 5 heteroatoms. The molecule has 2 atom stereocenters. The lowest BCUT2D eigenvalue weighted by molar-refractivity contribution is -0.150. The highest BCUT2D eigenvalue weighted by molar-refractivity contribution is 6.31. The van der Waals surface area contributed by atoms with Gasteiger partial charge in [-0.05, 0) is 43.2 Å². The molecule has 0 amide bonds. The molecule has 2 heterocycles. The minimum absolute atomic E-state index is 0.0302. The van der Waals surface area contributed by atoms with E-state index in [-0.39, 0.29) is 11.6 Å². The quantitative estimate of drug-likeness (QED) is 0.666. The normalized spacial score (nSPS) is 26.7. The van der Waals surface area contributed by atoms with Crippen LogP contribution in [0.4, 0.5) is 0 Å². The fourth-order valence-corrected chi connectivity index (χ4v) is 3.90. The lowest BCUT2D eigenvalue weighted by Gasteiger charge is -2.45. The second-order valence-electron chi connectivity index (χ2n) is 6.06. The summed E-state index contributed by atoms with van der Waals surface area (Å²) in [5.74, 6) is 6.28. The van der Waals surface area contributed by atoms with E-state index in [0.29, 0.717) is 5.92 Å². The highest BCUT2D eigenvalue weighted by atomic mass is 35.5. The number of nitrogens with two attached hydrogens (primary N) is 1. The molecule has 0 aromatic heterocycles. The summed E-state index contributed by atoms with van der Waals surface area (Å²) < 4.78 is 11.6. The van der Waals surface area contributed by atoms with Gasteiger partial charge in [-0.3, -0.25) is 11.3 Å². The largest absolute Gasteiger partial charge is 0.381 e. The molecule has 21 heavy (non-hydrogen) atoms. The number of nitrogens with one attached hydrogen (secondary N) is 1. The second-order valence-corrected chi connectivity index (χ2v) is 6.47. The molecule has 1 spiro atoms. The van der Waals surface area contributed by atoms with E-state index in [2.05, 4.69) is 11.5 Å². The zero-order chi connectivity index (χ0) is 14.7. The molecule has 2 aliphatic rings. The van der Waals surface area contributed by atoms with Crippen LogP contribution in [-0.4, -0.2) is 25.4 Å². The number of benzene rings is 1. The number of halogens is 1. The summed E-state index contributed by atoms with van der Waals surface area (Å²) in [6.07, 6.45) is 3.96. The number of hydrazine groups is 1. The standard InChI is InChI=1S/C16H23ClN2O2/c17-14-4-2-1-3-13(14)15(19-18)12-5-8-21-16(11-12)6-9-20-10-7-16/h1-4,12,15,19H,5-11,18H2. The zero-order valence-corrected chi connectivity index (χ0v) is 12.9. The van der Waals surface area contributed by atoms with Crippen molar-refractivity contribution in [2.24, 2.45) is 11.8 Å². The molecule has 2 aliphatic heterocycles. The van der Waals surface area contributed by atoms with Gasteiger partial charge in [0, 0.05) is 24.8 Å². The fraction of sp³-hybridized carbons (Fsp3) is 0.625. The lowest BCUT2D eigenvalue weighted by Crippen LogP contribution is -2.47. The van der Waals surface area contributed by atoms with Crippen LogP contribution in [0.1, 0.15) is 37.3 Å². The van der Waals surface area contributed by atoms with Crippen LogP contribution in [0.15, 0.2) is 24.3 Å². The summed E-state index contributed by atoms with van der Waals surface area (Å²) in [4.78, 5) is 0. The van der Waals surface area contributed by atoms with Crippen molar-refractivity contribution in [2.75, 3.05) is 19.8 Å². The molecule has 4 nitrogen and oxygen atoms in total. The predicted octanol–water partition coefficient (Wildman–Crippen LogP) is 2.82. The van der Waals surface area contributed by atoms with E-state index in [4.69, 9.17) is 26.9 Å². The smallest absolute Gasteiger partial charge is 0.0729 e. The molecule has 1 aromatic rings. The molecule has 0 saturated carbocycles. The van der Waals surface area contributed by atoms with E-state index in [1.807, 2.05) is 18.2 Å². The van der Waals surface area contributed by atoms with Gasteiger partial charge < -0.3 is 9.47 Å². The average molecular weight is 311 g/mol. The van der Waals surface area contributed by atoms with Crippen LogP contribution in [0.3, 0.4) is 0 Å². The van der Waals surface area contributed by atoms with E-state index in [0.717, 1.165) is 56.1 Å². The highest BCUT2D eigenvalue weighted by Gasteiger charge is 2.41. The van der Waals surface area contributed by atoms with Crippen molar-refractivity contribution in [1.82, 2.24) is 5.43 Å². The Hall–Kier alpha value is -0.650. The number of hydrogen-bond acceptors (Lipinski definition) is 4. The number of ether oxygens (including phenoxy) is 2. The summed E-state index contributed by atoms with van der Waals surface area (Å²) in [7, 11) is 0. The van der Waals surface area contributed by atoms with Crippen molar-refractivity contribution in [1.29, 1.82) is 0 Å². The molecule has 1 aromatic carbocycles. The molecular formula is C16H23ClN2O2. The summed E-state index contributed by atoms with van der Waals surface area (Å²) >= 11 is 6.35. The van der Waals surface area contributed by atoms with Gasteiger partial charge in [-0.2, -0.15) is 0 Å². The average Bonchev–Trinajstić information content (AvgIpc) is 2.51. The first kappa shape index (κ1) is 15.3. The van der Waals surface area contributed by atoms with Crippen LogP contribution < -0.4 is 11.3 Å². The van der Waals surface area contributed by atoms with Crippen LogP contribution in [0.2, 0.25) is 5.02 Å². The van der Waals surface area contributed by atoms with Gasteiger partial charge in [-0.25, -0.2) is 0 Å². The van der Waals surface area contributed by atoms with Crippen molar-refractivity contribution in [3.8, 4) is 0 Å². The molecule has 2 saturated heterocycles. The lowest BCUT2D eigenvalue weighted by atomic mass is 9.76. The van der Waals surface area contributed by atoms with Gasteiger partial charge in [0.15, 0.2) is 0 Å². The Labute approximate surface area is 130 Å². The Morgan fingerprint density at radius 2 is 2.00 bits per heavy atom. The van der Waals surface area contributed by atoms with E-state index >= 15 is 0 Å². The Kier molecular flexibility index (Phi) is 4.82. The monoisotopic (exact) mass is 310 g/mol. The molecular weight excluding hydrogens is 288 g/mol. The summed E-state index contributed by atoms with van der Waals surface area (Å²) in [6, 6.07) is 8.00. The van der Waals surface area contributed by atoms with Crippen molar-refractivity contribution < 1.29 is 9.47 Å². The topological polar surface area (TPSA) is 56.5 Å². The van der Waals surface area contributed by atoms with Crippen molar-refractivity contribution >= 4 is 11.6 Å². The van der Waals surface area contributed by atoms with Crippen molar-refractivity contribution in [3.63, 3.8) is 0 Å². The van der Waals surface area contributed by atoms with Gasteiger partial charge in [0.25, 0.3) is 0 Å². The summed E-state index contributed by atoms with van der Waals surface area (Å²) in [5, 5.41) is 0.771. The SMILES string of the molecule is NNC(c1ccccc1Cl)C1CCOC2(CCOCC2)C1. The Balaban J connectivity index is 1.79. The molecule has 2 fully saturated rings. The molecule has 116 valence electrons. The van der Waals surface area contributed by atoms with E-state index in [1.54, 1.807) is 0 Å². The van der Waals surface area contributed by atoms with Crippen molar-refractivity contribution in [2.45, 2.75) is 37.3 Å².